The summed E-state index contributed by atoms with van der Waals surface area (Å²) in [5.41, 5.74) is -0.764. The molecule has 0 aliphatic heterocycles. The van der Waals surface area contributed by atoms with Gasteiger partial charge in [0.15, 0.2) is 0 Å². The Morgan fingerprint density at radius 1 is 1.47 bits per heavy atom. The van der Waals surface area contributed by atoms with Crippen LogP contribution in [0, 0.1) is 0 Å². The van der Waals surface area contributed by atoms with Crippen LogP contribution >= 0.6 is 0 Å². The van der Waals surface area contributed by atoms with E-state index in [1.807, 2.05) is 0 Å². The van der Waals surface area contributed by atoms with Gasteiger partial charge in [-0.2, -0.15) is 0 Å². The molecule has 1 aromatic heterocycles. The number of aromatic amines is 2. The molecule has 19 heavy (non-hydrogen) atoms. The third-order valence-corrected chi connectivity index (χ3v) is 2.06. The second-order valence-corrected chi connectivity index (χ2v) is 5.01. The number of aromatic nitrogens is 2. The molecule has 1 amide bonds. The van der Waals surface area contributed by atoms with E-state index in [9.17, 15) is 14.4 Å². The Balaban J connectivity index is 2.66. The SMILES string of the molecule is CC(C)(C)OC(=O)N[C@@H](Cc1c[nH]c(=O)[nH]1)C(=O)O. The second-order valence-electron chi connectivity index (χ2n) is 5.01. The summed E-state index contributed by atoms with van der Waals surface area (Å²) in [5, 5.41) is 11.3. The topological polar surface area (TPSA) is 124 Å². The van der Waals surface area contributed by atoms with Gasteiger partial charge >= 0.3 is 17.8 Å². The second kappa shape index (κ2) is 5.59. The maximum absolute atomic E-state index is 11.5. The van der Waals surface area contributed by atoms with Crippen LogP contribution in [0.25, 0.3) is 0 Å². The van der Waals surface area contributed by atoms with Crippen molar-refractivity contribution in [1.82, 2.24) is 15.3 Å². The van der Waals surface area contributed by atoms with E-state index in [-0.39, 0.29) is 6.42 Å². The van der Waals surface area contributed by atoms with Crippen LogP contribution in [0.3, 0.4) is 0 Å². The Kier molecular flexibility index (Phi) is 4.36. The maximum Gasteiger partial charge on any atom is 0.408 e. The van der Waals surface area contributed by atoms with E-state index >= 15 is 0 Å². The van der Waals surface area contributed by atoms with E-state index in [0.717, 1.165) is 0 Å². The lowest BCUT2D eigenvalue weighted by molar-refractivity contribution is -0.139. The third kappa shape index (κ3) is 5.28. The number of aliphatic carboxylic acids is 1. The highest BCUT2D eigenvalue weighted by Crippen LogP contribution is 2.07. The molecule has 0 saturated heterocycles. The number of carbonyl (C=O) groups is 2. The number of H-pyrrole nitrogens is 2. The summed E-state index contributed by atoms with van der Waals surface area (Å²) < 4.78 is 4.97. The fourth-order valence-corrected chi connectivity index (χ4v) is 1.35. The first-order chi connectivity index (χ1) is 8.67. The van der Waals surface area contributed by atoms with Crippen LogP contribution in [0.4, 0.5) is 4.79 Å². The van der Waals surface area contributed by atoms with Gasteiger partial charge in [-0.15, -0.1) is 0 Å². The zero-order valence-electron chi connectivity index (χ0n) is 10.9. The minimum Gasteiger partial charge on any atom is -0.480 e. The molecule has 0 saturated carbocycles. The van der Waals surface area contributed by atoms with Gasteiger partial charge in [0.05, 0.1) is 0 Å². The molecule has 1 rings (SSSR count). The van der Waals surface area contributed by atoms with E-state index in [1.54, 1.807) is 20.8 Å². The highest BCUT2D eigenvalue weighted by atomic mass is 16.6. The predicted octanol–water partition coefficient (Wildman–Crippen LogP) is 0.223. The summed E-state index contributed by atoms with van der Waals surface area (Å²) in [6.45, 7) is 5.02. The van der Waals surface area contributed by atoms with Crippen molar-refractivity contribution in [3.05, 3.63) is 22.4 Å². The lowest BCUT2D eigenvalue weighted by Gasteiger charge is -2.21. The largest absolute Gasteiger partial charge is 0.480 e. The van der Waals surface area contributed by atoms with Gasteiger partial charge in [-0.1, -0.05) is 0 Å². The number of carboxylic acid groups (broad SMARTS) is 1. The van der Waals surface area contributed by atoms with Crippen molar-refractivity contribution in [2.24, 2.45) is 0 Å². The van der Waals surface area contributed by atoms with Crippen LogP contribution in [0.15, 0.2) is 11.0 Å². The van der Waals surface area contributed by atoms with Gasteiger partial charge in [0.1, 0.15) is 11.6 Å². The fraction of sp³-hybridized carbons (Fsp3) is 0.545. The molecule has 0 unspecified atom stereocenters. The molecular weight excluding hydrogens is 254 g/mol. The zero-order valence-corrected chi connectivity index (χ0v) is 10.9. The maximum atomic E-state index is 11.5. The molecule has 0 bridgehead atoms. The van der Waals surface area contributed by atoms with Gasteiger partial charge in [0.2, 0.25) is 0 Å². The first-order valence-electron chi connectivity index (χ1n) is 5.66. The Hall–Kier alpha value is -2.25. The summed E-state index contributed by atoms with van der Waals surface area (Å²) in [7, 11) is 0. The van der Waals surface area contributed by atoms with Gasteiger partial charge in [-0.05, 0) is 20.8 Å². The Morgan fingerprint density at radius 3 is 2.53 bits per heavy atom. The number of rotatable bonds is 4. The van der Waals surface area contributed by atoms with Crippen molar-refractivity contribution in [2.75, 3.05) is 0 Å². The van der Waals surface area contributed by atoms with E-state index < -0.39 is 29.4 Å². The standard InChI is InChI=1S/C11H17N3O5/c1-11(2,3)19-10(18)14-7(8(15)16)4-6-5-12-9(17)13-6/h5,7H,4H2,1-3H3,(H,14,18)(H,15,16)(H2,12,13,17)/t7-/m0/s1. The molecule has 0 fully saturated rings. The first-order valence-corrected chi connectivity index (χ1v) is 5.66. The number of carbonyl (C=O) groups excluding carboxylic acids is 1. The molecule has 1 heterocycles. The summed E-state index contributed by atoms with van der Waals surface area (Å²) in [5.74, 6) is -1.21. The first kappa shape index (κ1) is 14.8. The fourth-order valence-electron chi connectivity index (χ4n) is 1.35. The number of amides is 1. The van der Waals surface area contributed by atoms with E-state index in [0.29, 0.717) is 5.69 Å². The molecule has 0 aliphatic carbocycles. The minimum absolute atomic E-state index is 0.0483. The Morgan fingerprint density at radius 2 is 2.11 bits per heavy atom. The highest BCUT2D eigenvalue weighted by molar-refractivity contribution is 5.80. The average molecular weight is 271 g/mol. The summed E-state index contributed by atoms with van der Waals surface area (Å²) >= 11 is 0. The molecule has 1 aromatic rings. The van der Waals surface area contributed by atoms with E-state index in [4.69, 9.17) is 9.84 Å². The van der Waals surface area contributed by atoms with Gasteiger partial charge in [0, 0.05) is 18.3 Å². The lowest BCUT2D eigenvalue weighted by atomic mass is 10.1. The lowest BCUT2D eigenvalue weighted by Crippen LogP contribution is -2.44. The molecule has 0 aliphatic rings. The minimum atomic E-state index is -1.21. The van der Waals surface area contributed by atoms with Crippen molar-refractivity contribution in [3.8, 4) is 0 Å². The van der Waals surface area contributed by atoms with Crippen LogP contribution in [0.1, 0.15) is 26.5 Å². The quantitative estimate of drug-likeness (QED) is 0.623. The van der Waals surface area contributed by atoms with Gasteiger partial charge in [0.25, 0.3) is 0 Å². The van der Waals surface area contributed by atoms with Gasteiger partial charge in [-0.3, -0.25) is 0 Å². The number of alkyl carbamates (subject to hydrolysis) is 1. The number of ether oxygens (including phenoxy) is 1. The number of nitrogens with one attached hydrogen (secondary N) is 3. The molecule has 0 radical (unpaired) electrons. The number of hydrogen-bond donors (Lipinski definition) is 4. The molecule has 0 aromatic carbocycles. The summed E-state index contributed by atoms with van der Waals surface area (Å²) in [4.78, 5) is 38.2. The zero-order chi connectivity index (χ0) is 14.6. The third-order valence-electron chi connectivity index (χ3n) is 2.06. The van der Waals surface area contributed by atoms with E-state index in [2.05, 4.69) is 15.3 Å². The summed E-state index contributed by atoms with van der Waals surface area (Å²) in [6, 6.07) is -1.18. The van der Waals surface area contributed by atoms with Gasteiger partial charge in [-0.25, -0.2) is 14.4 Å². The van der Waals surface area contributed by atoms with E-state index in [1.165, 1.54) is 6.20 Å². The molecule has 8 heteroatoms. The molecule has 106 valence electrons. The summed E-state index contributed by atoms with van der Waals surface area (Å²) in [6.07, 6.45) is 0.486. The smallest absolute Gasteiger partial charge is 0.408 e. The van der Waals surface area contributed by atoms with Crippen LogP contribution in [-0.4, -0.2) is 38.8 Å². The number of hydrogen-bond acceptors (Lipinski definition) is 4. The molecule has 0 spiro atoms. The molecular formula is C11H17N3O5. The van der Waals surface area contributed by atoms with Gasteiger partial charge < -0.3 is 25.1 Å². The van der Waals surface area contributed by atoms with Crippen molar-refractivity contribution >= 4 is 12.1 Å². The van der Waals surface area contributed by atoms with Crippen LogP contribution < -0.4 is 11.0 Å². The highest BCUT2D eigenvalue weighted by Gasteiger charge is 2.24. The van der Waals surface area contributed by atoms with Crippen LogP contribution in [0.2, 0.25) is 0 Å². The number of imidazole rings is 1. The van der Waals surface area contributed by atoms with Crippen LogP contribution in [0.5, 0.6) is 0 Å². The van der Waals surface area contributed by atoms with Crippen molar-refractivity contribution in [3.63, 3.8) is 0 Å². The van der Waals surface area contributed by atoms with Crippen molar-refractivity contribution in [1.29, 1.82) is 0 Å². The normalized spacial score (nSPS) is 12.8. The predicted molar refractivity (Wildman–Crippen MR) is 65.9 cm³/mol. The van der Waals surface area contributed by atoms with Crippen molar-refractivity contribution < 1.29 is 19.4 Å². The monoisotopic (exact) mass is 271 g/mol. The Bertz CT molecular complexity index is 511. The molecule has 1 atom stereocenters. The molecule has 8 nitrogen and oxygen atoms in total. The molecule has 4 N–H and O–H groups in total. The number of carboxylic acids is 1. The van der Waals surface area contributed by atoms with Crippen molar-refractivity contribution in [2.45, 2.75) is 38.8 Å². The average Bonchev–Trinajstić information content (AvgIpc) is 2.60. The Labute approximate surface area is 109 Å². The van der Waals surface area contributed by atoms with Crippen LogP contribution in [-0.2, 0) is 16.0 Å².